The fraction of sp³-hybridized carbons (Fsp3) is 1.00. The van der Waals surface area contributed by atoms with Crippen molar-refractivity contribution in [2.24, 2.45) is 17.3 Å². The molecular weight excluding hydrogens is 256 g/mol. The summed E-state index contributed by atoms with van der Waals surface area (Å²) in [6.07, 6.45) is 6.91. The molecule has 2 nitrogen and oxygen atoms in total. The summed E-state index contributed by atoms with van der Waals surface area (Å²) in [6, 6.07) is 0.660. The van der Waals surface area contributed by atoms with E-state index in [9.17, 15) is 0 Å². The minimum absolute atomic E-state index is 0.506. The Balaban J connectivity index is 2.73. The first-order valence-corrected chi connectivity index (χ1v) is 9.33. The quantitative estimate of drug-likeness (QED) is 0.628. The second-order valence-electron chi connectivity index (χ2n) is 8.30. The van der Waals surface area contributed by atoms with E-state index in [4.69, 9.17) is 0 Å². The predicted molar refractivity (Wildman–Crippen MR) is 94.8 cm³/mol. The molecule has 1 aliphatic rings. The highest BCUT2D eigenvalue weighted by atomic mass is 15.2. The smallest absolute Gasteiger partial charge is 0.00531 e. The highest BCUT2D eigenvalue weighted by Crippen LogP contribution is 2.40. The van der Waals surface area contributed by atoms with E-state index >= 15 is 0 Å². The molecule has 21 heavy (non-hydrogen) atoms. The van der Waals surface area contributed by atoms with E-state index in [1.165, 1.54) is 58.3 Å². The van der Waals surface area contributed by atoms with E-state index in [0.717, 1.165) is 11.8 Å². The maximum Gasteiger partial charge on any atom is 0.00531 e. The van der Waals surface area contributed by atoms with Crippen molar-refractivity contribution in [3.8, 4) is 0 Å². The van der Waals surface area contributed by atoms with Crippen molar-refractivity contribution in [2.75, 3.05) is 26.2 Å². The van der Waals surface area contributed by atoms with Crippen LogP contribution in [0.2, 0.25) is 0 Å². The van der Waals surface area contributed by atoms with Gasteiger partial charge in [0.2, 0.25) is 0 Å². The van der Waals surface area contributed by atoms with Gasteiger partial charge in [0.15, 0.2) is 0 Å². The first kappa shape index (κ1) is 19.0. The summed E-state index contributed by atoms with van der Waals surface area (Å²) in [4.78, 5) is 2.73. The third-order valence-corrected chi connectivity index (χ3v) is 4.98. The topological polar surface area (TPSA) is 15.3 Å². The van der Waals surface area contributed by atoms with Crippen molar-refractivity contribution in [3.05, 3.63) is 0 Å². The van der Waals surface area contributed by atoms with Crippen LogP contribution in [0.4, 0.5) is 0 Å². The second kappa shape index (κ2) is 9.15. The molecule has 1 N–H and O–H groups in total. The minimum atomic E-state index is 0.506. The molecule has 2 unspecified atom stereocenters. The summed E-state index contributed by atoms with van der Waals surface area (Å²) in [6.45, 7) is 19.0. The molecular formula is C19H40N2. The lowest BCUT2D eigenvalue weighted by Gasteiger charge is -2.45. The highest BCUT2D eigenvalue weighted by molar-refractivity contribution is 4.90. The van der Waals surface area contributed by atoms with Gasteiger partial charge in [0.25, 0.3) is 0 Å². The maximum atomic E-state index is 3.74. The first-order chi connectivity index (χ1) is 9.88. The van der Waals surface area contributed by atoms with Crippen LogP contribution in [-0.4, -0.2) is 37.1 Å². The molecule has 0 amide bonds. The molecule has 2 atom stereocenters. The zero-order valence-electron chi connectivity index (χ0n) is 15.5. The molecule has 0 spiro atoms. The third-order valence-electron chi connectivity index (χ3n) is 4.98. The lowest BCUT2D eigenvalue weighted by Crippen LogP contribution is -2.49. The molecule has 1 rings (SSSR count). The second-order valence-corrected chi connectivity index (χ2v) is 8.30. The zero-order valence-corrected chi connectivity index (χ0v) is 15.5. The lowest BCUT2D eigenvalue weighted by atomic mass is 9.69. The summed E-state index contributed by atoms with van der Waals surface area (Å²) < 4.78 is 0. The molecule has 0 radical (unpaired) electrons. The average Bonchev–Trinajstić information content (AvgIpc) is 2.37. The van der Waals surface area contributed by atoms with Gasteiger partial charge in [0.1, 0.15) is 0 Å². The maximum absolute atomic E-state index is 3.74. The molecule has 0 saturated heterocycles. The van der Waals surface area contributed by atoms with Crippen molar-refractivity contribution >= 4 is 0 Å². The molecule has 0 aromatic heterocycles. The van der Waals surface area contributed by atoms with Crippen molar-refractivity contribution in [1.82, 2.24) is 10.2 Å². The number of hydrogen-bond acceptors (Lipinski definition) is 2. The zero-order chi connectivity index (χ0) is 15.9. The van der Waals surface area contributed by atoms with Crippen LogP contribution in [0.1, 0.15) is 73.6 Å². The molecule has 2 heteroatoms. The van der Waals surface area contributed by atoms with Crippen LogP contribution in [0.3, 0.4) is 0 Å². The van der Waals surface area contributed by atoms with Gasteiger partial charge in [-0.15, -0.1) is 0 Å². The van der Waals surface area contributed by atoms with Gasteiger partial charge in [-0.3, -0.25) is 0 Å². The fourth-order valence-corrected chi connectivity index (χ4v) is 4.02. The standard InChI is InChI=1S/C19H40N2/c1-7-11-20-14-19(10-8-9-18(6)12-19)15-21(17(4)5)13-16(2)3/h16-18,20H,7-15H2,1-6H3. The summed E-state index contributed by atoms with van der Waals surface area (Å²) in [5.41, 5.74) is 0.506. The van der Waals surface area contributed by atoms with E-state index in [1.54, 1.807) is 0 Å². The van der Waals surface area contributed by atoms with Gasteiger partial charge < -0.3 is 10.2 Å². The monoisotopic (exact) mass is 296 g/mol. The van der Waals surface area contributed by atoms with Crippen LogP contribution in [0.5, 0.6) is 0 Å². The van der Waals surface area contributed by atoms with Gasteiger partial charge in [-0.2, -0.15) is 0 Å². The Morgan fingerprint density at radius 3 is 2.48 bits per heavy atom. The Morgan fingerprint density at radius 2 is 1.95 bits per heavy atom. The van der Waals surface area contributed by atoms with Crippen LogP contribution in [0, 0.1) is 17.3 Å². The Bertz CT molecular complexity index is 275. The van der Waals surface area contributed by atoms with Crippen molar-refractivity contribution in [3.63, 3.8) is 0 Å². The van der Waals surface area contributed by atoms with Crippen LogP contribution >= 0.6 is 0 Å². The largest absolute Gasteiger partial charge is 0.316 e. The molecule has 1 aliphatic carbocycles. The fourth-order valence-electron chi connectivity index (χ4n) is 4.02. The van der Waals surface area contributed by atoms with Gasteiger partial charge in [0.05, 0.1) is 0 Å². The Kier molecular flexibility index (Phi) is 8.26. The number of hydrogen-bond donors (Lipinski definition) is 1. The Labute approximate surface area is 134 Å². The average molecular weight is 297 g/mol. The first-order valence-electron chi connectivity index (χ1n) is 9.33. The SMILES string of the molecule is CCCNCC1(CN(CC(C)C)C(C)C)CCCC(C)C1. The van der Waals surface area contributed by atoms with Gasteiger partial charge in [0, 0.05) is 25.7 Å². The molecule has 0 aromatic rings. The lowest BCUT2D eigenvalue weighted by molar-refractivity contribution is 0.0585. The molecule has 1 saturated carbocycles. The minimum Gasteiger partial charge on any atom is -0.316 e. The van der Waals surface area contributed by atoms with Gasteiger partial charge in [-0.05, 0) is 56.9 Å². The van der Waals surface area contributed by atoms with Gasteiger partial charge in [-0.25, -0.2) is 0 Å². The number of rotatable bonds is 9. The summed E-state index contributed by atoms with van der Waals surface area (Å²) in [5, 5.41) is 3.74. The van der Waals surface area contributed by atoms with Crippen LogP contribution in [-0.2, 0) is 0 Å². The van der Waals surface area contributed by atoms with Crippen LogP contribution in [0.15, 0.2) is 0 Å². The third kappa shape index (κ3) is 6.69. The van der Waals surface area contributed by atoms with E-state index in [-0.39, 0.29) is 0 Å². The van der Waals surface area contributed by atoms with Crippen molar-refractivity contribution < 1.29 is 0 Å². The van der Waals surface area contributed by atoms with E-state index in [0.29, 0.717) is 11.5 Å². The van der Waals surface area contributed by atoms with Crippen LogP contribution in [0.25, 0.3) is 0 Å². The molecule has 0 aliphatic heterocycles. The number of nitrogens with zero attached hydrogens (tertiary/aromatic N) is 1. The van der Waals surface area contributed by atoms with E-state index in [2.05, 4.69) is 51.8 Å². The number of nitrogens with one attached hydrogen (secondary N) is 1. The highest BCUT2D eigenvalue weighted by Gasteiger charge is 2.36. The molecule has 0 bridgehead atoms. The molecule has 1 fully saturated rings. The summed E-state index contributed by atoms with van der Waals surface area (Å²) >= 11 is 0. The summed E-state index contributed by atoms with van der Waals surface area (Å²) in [7, 11) is 0. The molecule has 0 aromatic carbocycles. The molecule has 126 valence electrons. The van der Waals surface area contributed by atoms with Gasteiger partial charge in [-0.1, -0.05) is 40.5 Å². The van der Waals surface area contributed by atoms with Crippen LogP contribution < -0.4 is 5.32 Å². The predicted octanol–water partition coefficient (Wildman–Crippen LogP) is 4.55. The Morgan fingerprint density at radius 1 is 1.24 bits per heavy atom. The Hall–Kier alpha value is -0.0800. The van der Waals surface area contributed by atoms with E-state index in [1.807, 2.05) is 0 Å². The van der Waals surface area contributed by atoms with Gasteiger partial charge >= 0.3 is 0 Å². The molecule has 0 heterocycles. The van der Waals surface area contributed by atoms with Crippen molar-refractivity contribution in [2.45, 2.75) is 79.7 Å². The normalized spacial score (nSPS) is 27.0. The summed E-state index contributed by atoms with van der Waals surface area (Å²) in [5.74, 6) is 1.66. The van der Waals surface area contributed by atoms with E-state index < -0.39 is 0 Å². The van der Waals surface area contributed by atoms with Crippen molar-refractivity contribution in [1.29, 1.82) is 0 Å².